The van der Waals surface area contributed by atoms with Gasteiger partial charge in [0.2, 0.25) is 5.91 Å². The van der Waals surface area contributed by atoms with E-state index in [0.717, 1.165) is 25.9 Å². The molecule has 0 aromatic carbocycles. The van der Waals surface area contributed by atoms with Crippen molar-refractivity contribution >= 4 is 5.91 Å². The zero-order valence-electron chi connectivity index (χ0n) is 9.99. The van der Waals surface area contributed by atoms with Gasteiger partial charge in [-0.3, -0.25) is 9.69 Å². The van der Waals surface area contributed by atoms with Gasteiger partial charge in [-0.15, -0.1) is 0 Å². The van der Waals surface area contributed by atoms with Gasteiger partial charge in [0.1, 0.15) is 0 Å². The van der Waals surface area contributed by atoms with Gasteiger partial charge in [-0.25, -0.2) is 0 Å². The number of nitrogens with one attached hydrogen (secondary N) is 1. The highest BCUT2D eigenvalue weighted by Crippen LogP contribution is 2.11. The summed E-state index contributed by atoms with van der Waals surface area (Å²) in [6.45, 7) is 7.74. The van der Waals surface area contributed by atoms with Crippen molar-refractivity contribution in [3.05, 3.63) is 0 Å². The van der Waals surface area contributed by atoms with Crippen LogP contribution in [0.15, 0.2) is 0 Å². The molecule has 1 heterocycles. The topological polar surface area (TPSA) is 58.4 Å². The molecule has 4 nitrogen and oxygen atoms in total. The van der Waals surface area contributed by atoms with Gasteiger partial charge >= 0.3 is 0 Å². The fourth-order valence-corrected chi connectivity index (χ4v) is 1.96. The van der Waals surface area contributed by atoms with Gasteiger partial charge in [-0.1, -0.05) is 0 Å². The van der Waals surface area contributed by atoms with Gasteiger partial charge in [-0.2, -0.15) is 0 Å². The fraction of sp³-hybridized carbons (Fsp3) is 0.909. The summed E-state index contributed by atoms with van der Waals surface area (Å²) in [4.78, 5) is 13.9. The molecule has 0 aromatic heterocycles. The Hall–Kier alpha value is -0.610. The lowest BCUT2D eigenvalue weighted by molar-refractivity contribution is -0.126. The third-order valence-electron chi connectivity index (χ3n) is 2.85. The SMILES string of the molecule is CC(C)NC(=O)C(C)N1CCCC(N)C1. The van der Waals surface area contributed by atoms with Crippen LogP contribution in [0.2, 0.25) is 0 Å². The van der Waals surface area contributed by atoms with Gasteiger partial charge < -0.3 is 11.1 Å². The zero-order chi connectivity index (χ0) is 11.4. The highest BCUT2D eigenvalue weighted by Gasteiger charge is 2.25. The van der Waals surface area contributed by atoms with Crippen LogP contribution in [0.5, 0.6) is 0 Å². The fourth-order valence-electron chi connectivity index (χ4n) is 1.96. The van der Waals surface area contributed by atoms with E-state index >= 15 is 0 Å². The highest BCUT2D eigenvalue weighted by molar-refractivity contribution is 5.81. The van der Waals surface area contributed by atoms with Crippen LogP contribution in [0.4, 0.5) is 0 Å². The van der Waals surface area contributed by atoms with Crippen molar-refractivity contribution in [1.29, 1.82) is 0 Å². The maximum atomic E-state index is 11.8. The van der Waals surface area contributed by atoms with E-state index in [-0.39, 0.29) is 24.0 Å². The third kappa shape index (κ3) is 3.80. The van der Waals surface area contributed by atoms with Crippen molar-refractivity contribution in [3.8, 4) is 0 Å². The highest BCUT2D eigenvalue weighted by atomic mass is 16.2. The molecule has 1 aliphatic heterocycles. The summed E-state index contributed by atoms with van der Waals surface area (Å²) < 4.78 is 0. The standard InChI is InChI=1S/C11H23N3O/c1-8(2)13-11(15)9(3)14-6-4-5-10(12)7-14/h8-10H,4-7,12H2,1-3H3,(H,13,15). The first-order chi connectivity index (χ1) is 7.00. The summed E-state index contributed by atoms with van der Waals surface area (Å²) in [6, 6.07) is 0.380. The summed E-state index contributed by atoms with van der Waals surface area (Å²) in [5.41, 5.74) is 5.89. The van der Waals surface area contributed by atoms with E-state index in [4.69, 9.17) is 5.73 Å². The molecule has 0 spiro atoms. The Morgan fingerprint density at radius 1 is 1.47 bits per heavy atom. The van der Waals surface area contributed by atoms with E-state index in [1.165, 1.54) is 0 Å². The molecule has 2 unspecified atom stereocenters. The first kappa shape index (κ1) is 12.5. The lowest BCUT2D eigenvalue weighted by Gasteiger charge is -2.34. The molecule has 0 aliphatic carbocycles. The van der Waals surface area contributed by atoms with Crippen LogP contribution in [0.25, 0.3) is 0 Å². The molecule has 1 amide bonds. The van der Waals surface area contributed by atoms with Gasteiger partial charge in [0.15, 0.2) is 0 Å². The Labute approximate surface area is 92.2 Å². The van der Waals surface area contributed by atoms with E-state index in [2.05, 4.69) is 10.2 Å². The van der Waals surface area contributed by atoms with Crippen LogP contribution < -0.4 is 11.1 Å². The van der Waals surface area contributed by atoms with Crippen molar-refractivity contribution < 1.29 is 4.79 Å². The molecule has 1 rings (SSSR count). The number of nitrogens with two attached hydrogens (primary N) is 1. The largest absolute Gasteiger partial charge is 0.353 e. The molecule has 4 heteroatoms. The number of carbonyl (C=O) groups excluding carboxylic acids is 1. The van der Waals surface area contributed by atoms with Crippen molar-refractivity contribution in [1.82, 2.24) is 10.2 Å². The summed E-state index contributed by atoms with van der Waals surface area (Å²) in [6.07, 6.45) is 2.18. The van der Waals surface area contributed by atoms with Gasteiger partial charge in [0.05, 0.1) is 6.04 Å². The van der Waals surface area contributed by atoms with Crippen LogP contribution in [0.3, 0.4) is 0 Å². The second kappa shape index (κ2) is 5.47. The van der Waals surface area contributed by atoms with Crippen LogP contribution >= 0.6 is 0 Å². The smallest absolute Gasteiger partial charge is 0.237 e. The molecule has 0 saturated carbocycles. The molecule has 2 atom stereocenters. The number of hydrogen-bond donors (Lipinski definition) is 2. The van der Waals surface area contributed by atoms with Gasteiger partial charge in [0, 0.05) is 18.6 Å². The lowest BCUT2D eigenvalue weighted by Crippen LogP contribution is -2.52. The minimum absolute atomic E-state index is 0.0567. The number of hydrogen-bond acceptors (Lipinski definition) is 3. The van der Waals surface area contributed by atoms with Crippen molar-refractivity contribution in [2.45, 2.75) is 51.7 Å². The quantitative estimate of drug-likeness (QED) is 0.710. The molecule has 0 radical (unpaired) electrons. The average Bonchev–Trinajstić information content (AvgIpc) is 2.15. The van der Waals surface area contributed by atoms with E-state index in [0.29, 0.717) is 0 Å². The van der Waals surface area contributed by atoms with Crippen molar-refractivity contribution in [3.63, 3.8) is 0 Å². The summed E-state index contributed by atoms with van der Waals surface area (Å²) in [7, 11) is 0. The number of nitrogens with zero attached hydrogens (tertiary/aromatic N) is 1. The molecule has 3 N–H and O–H groups in total. The normalized spacial score (nSPS) is 25.3. The Balaban J connectivity index is 2.44. The molecule has 1 fully saturated rings. The van der Waals surface area contributed by atoms with Gasteiger partial charge in [-0.05, 0) is 40.2 Å². The first-order valence-corrected chi connectivity index (χ1v) is 5.80. The molecule has 15 heavy (non-hydrogen) atoms. The molecular weight excluding hydrogens is 190 g/mol. The van der Waals surface area contributed by atoms with Crippen molar-refractivity contribution in [2.24, 2.45) is 5.73 Å². The van der Waals surface area contributed by atoms with Crippen LogP contribution in [-0.2, 0) is 4.79 Å². The zero-order valence-corrected chi connectivity index (χ0v) is 9.99. The first-order valence-electron chi connectivity index (χ1n) is 5.80. The second-order valence-corrected chi connectivity index (χ2v) is 4.74. The molecule has 1 aliphatic rings. The lowest BCUT2D eigenvalue weighted by atomic mass is 10.0. The molecule has 0 aromatic rings. The van der Waals surface area contributed by atoms with E-state index < -0.39 is 0 Å². The Kier molecular flexibility index (Phi) is 4.54. The van der Waals surface area contributed by atoms with E-state index in [1.54, 1.807) is 0 Å². The predicted octanol–water partition coefficient (Wildman–Crippen LogP) is 0.323. The monoisotopic (exact) mass is 213 g/mol. The van der Waals surface area contributed by atoms with Crippen LogP contribution in [-0.4, -0.2) is 42.0 Å². The molecular formula is C11H23N3O. The van der Waals surface area contributed by atoms with Gasteiger partial charge in [0.25, 0.3) is 0 Å². The number of piperidine rings is 1. The number of rotatable bonds is 3. The summed E-state index contributed by atoms with van der Waals surface area (Å²) in [5.74, 6) is 0.110. The van der Waals surface area contributed by atoms with Crippen molar-refractivity contribution in [2.75, 3.05) is 13.1 Å². The maximum absolute atomic E-state index is 11.8. The minimum atomic E-state index is -0.0567. The second-order valence-electron chi connectivity index (χ2n) is 4.74. The van der Waals surface area contributed by atoms with Crippen LogP contribution in [0.1, 0.15) is 33.6 Å². The van der Waals surface area contributed by atoms with E-state index in [1.807, 2.05) is 20.8 Å². The molecule has 0 bridgehead atoms. The summed E-state index contributed by atoms with van der Waals surface area (Å²) in [5, 5.41) is 2.93. The summed E-state index contributed by atoms with van der Waals surface area (Å²) >= 11 is 0. The molecule has 88 valence electrons. The Morgan fingerprint density at radius 2 is 2.13 bits per heavy atom. The Bertz CT molecular complexity index is 218. The van der Waals surface area contributed by atoms with Crippen LogP contribution in [0, 0.1) is 0 Å². The minimum Gasteiger partial charge on any atom is -0.353 e. The maximum Gasteiger partial charge on any atom is 0.237 e. The Morgan fingerprint density at radius 3 is 2.67 bits per heavy atom. The number of carbonyl (C=O) groups is 1. The number of likely N-dealkylation sites (tertiary alicyclic amines) is 1. The average molecular weight is 213 g/mol. The number of amides is 1. The third-order valence-corrected chi connectivity index (χ3v) is 2.85. The molecule has 1 saturated heterocycles. The van der Waals surface area contributed by atoms with E-state index in [9.17, 15) is 4.79 Å². The predicted molar refractivity (Wildman–Crippen MR) is 61.5 cm³/mol.